The van der Waals surface area contributed by atoms with Crippen molar-refractivity contribution in [2.45, 2.75) is 45.6 Å². The van der Waals surface area contributed by atoms with Gasteiger partial charge in [-0.1, -0.05) is 44.9 Å². The highest BCUT2D eigenvalue weighted by Gasteiger charge is 2.21. The first-order chi connectivity index (χ1) is 13.1. The van der Waals surface area contributed by atoms with Crippen molar-refractivity contribution in [1.82, 2.24) is 5.32 Å². The fourth-order valence-electron chi connectivity index (χ4n) is 2.91. The molecule has 0 bridgehead atoms. The number of carbonyl (C=O) groups is 2. The van der Waals surface area contributed by atoms with Crippen LogP contribution >= 0.6 is 0 Å². The minimum Gasteiger partial charge on any atom is -0.465 e. The number of benzene rings is 1. The van der Waals surface area contributed by atoms with Crippen LogP contribution in [0.5, 0.6) is 0 Å². The van der Waals surface area contributed by atoms with Gasteiger partial charge in [0, 0.05) is 0 Å². The Morgan fingerprint density at radius 1 is 1.15 bits per heavy atom. The first kappa shape index (κ1) is 20.5. The third-order valence-corrected chi connectivity index (χ3v) is 4.29. The maximum absolute atomic E-state index is 12.6. The molecule has 1 aromatic carbocycles. The summed E-state index contributed by atoms with van der Waals surface area (Å²) in [5.41, 5.74) is 2.55. The van der Waals surface area contributed by atoms with Crippen molar-refractivity contribution in [3.8, 4) is 0 Å². The van der Waals surface area contributed by atoms with Crippen LogP contribution in [0.4, 0.5) is 0 Å². The molecule has 0 spiro atoms. The summed E-state index contributed by atoms with van der Waals surface area (Å²) in [6.45, 7) is 4.24. The van der Waals surface area contributed by atoms with Gasteiger partial charge in [0.25, 0.3) is 5.91 Å². The zero-order chi connectivity index (χ0) is 19.6. The van der Waals surface area contributed by atoms with Gasteiger partial charge in [0.1, 0.15) is 0 Å². The van der Waals surface area contributed by atoms with E-state index in [2.05, 4.69) is 25.2 Å². The highest BCUT2D eigenvalue weighted by Crippen LogP contribution is 2.27. The third kappa shape index (κ3) is 5.58. The number of furan rings is 1. The standard InChI is InChI=1S/C22H27NO4/c1-4-6-9-16(8-5-2)20(23-21(24)19-10-7-15-27-19)17-11-13-18(14-12-17)22(25)26-3/h7,9-15,20H,4-6,8H2,1-3H3,(H,23,24)/b16-9+/t20-/m1/s1. The molecule has 0 unspecified atom stereocenters. The first-order valence-corrected chi connectivity index (χ1v) is 9.32. The van der Waals surface area contributed by atoms with Crippen LogP contribution in [0.15, 0.2) is 58.7 Å². The number of rotatable bonds is 9. The zero-order valence-electron chi connectivity index (χ0n) is 16.2. The van der Waals surface area contributed by atoms with Crippen LogP contribution in [0.3, 0.4) is 0 Å². The lowest BCUT2D eigenvalue weighted by molar-refractivity contribution is 0.0600. The number of carbonyl (C=O) groups excluding carboxylic acids is 2. The SMILES string of the molecule is CCC/C=C(\CCC)[C@@H](NC(=O)c1ccco1)c1ccc(C(=O)OC)cc1. The van der Waals surface area contributed by atoms with Gasteiger partial charge >= 0.3 is 5.97 Å². The van der Waals surface area contributed by atoms with Crippen LogP contribution < -0.4 is 5.32 Å². The van der Waals surface area contributed by atoms with E-state index in [4.69, 9.17) is 9.15 Å². The molecule has 0 aliphatic rings. The second kappa shape index (κ2) is 10.4. The van der Waals surface area contributed by atoms with Crippen molar-refractivity contribution in [3.63, 3.8) is 0 Å². The van der Waals surface area contributed by atoms with Crippen LogP contribution in [0.25, 0.3) is 0 Å². The Morgan fingerprint density at radius 3 is 2.44 bits per heavy atom. The van der Waals surface area contributed by atoms with Crippen molar-refractivity contribution in [1.29, 1.82) is 0 Å². The molecule has 0 saturated heterocycles. The van der Waals surface area contributed by atoms with Gasteiger partial charge in [-0.25, -0.2) is 4.79 Å². The number of amides is 1. The number of allylic oxidation sites excluding steroid dienone is 1. The van der Waals surface area contributed by atoms with Gasteiger partial charge < -0.3 is 14.5 Å². The number of ether oxygens (including phenoxy) is 1. The van der Waals surface area contributed by atoms with E-state index in [1.165, 1.54) is 13.4 Å². The van der Waals surface area contributed by atoms with E-state index in [0.29, 0.717) is 5.56 Å². The lowest BCUT2D eigenvalue weighted by Gasteiger charge is -2.22. The second-order valence-electron chi connectivity index (χ2n) is 6.32. The number of esters is 1. The molecule has 1 amide bonds. The van der Waals surface area contributed by atoms with E-state index < -0.39 is 0 Å². The molecule has 2 rings (SSSR count). The van der Waals surface area contributed by atoms with Crippen LogP contribution in [0.1, 0.15) is 72.0 Å². The number of hydrogen-bond donors (Lipinski definition) is 1. The predicted molar refractivity (Wildman–Crippen MR) is 105 cm³/mol. The molecule has 2 aromatic rings. The summed E-state index contributed by atoms with van der Waals surface area (Å²) < 4.78 is 9.98. The van der Waals surface area contributed by atoms with Gasteiger partial charge in [0.05, 0.1) is 25.0 Å². The van der Waals surface area contributed by atoms with Crippen molar-refractivity contribution < 1.29 is 18.7 Å². The largest absolute Gasteiger partial charge is 0.465 e. The molecule has 0 radical (unpaired) electrons. The van der Waals surface area contributed by atoms with Crippen LogP contribution in [-0.4, -0.2) is 19.0 Å². The average Bonchev–Trinajstić information content (AvgIpc) is 3.24. The Kier molecular flexibility index (Phi) is 7.86. The Balaban J connectivity index is 2.35. The molecule has 1 heterocycles. The van der Waals surface area contributed by atoms with E-state index in [1.54, 1.807) is 24.3 Å². The molecule has 27 heavy (non-hydrogen) atoms. The summed E-state index contributed by atoms with van der Waals surface area (Å²) >= 11 is 0. The van der Waals surface area contributed by atoms with Gasteiger partial charge in [0.15, 0.2) is 5.76 Å². The molecule has 1 aromatic heterocycles. The summed E-state index contributed by atoms with van der Waals surface area (Å²) in [6, 6.07) is 10.2. The Hall–Kier alpha value is -2.82. The van der Waals surface area contributed by atoms with Crippen LogP contribution in [0, 0.1) is 0 Å². The molecule has 0 fully saturated rings. The highest BCUT2D eigenvalue weighted by molar-refractivity contribution is 5.92. The molecular weight excluding hydrogens is 342 g/mol. The van der Waals surface area contributed by atoms with Crippen LogP contribution in [0.2, 0.25) is 0 Å². The molecular formula is C22H27NO4. The molecule has 5 heteroatoms. The summed E-state index contributed by atoms with van der Waals surface area (Å²) in [6.07, 6.45) is 7.51. The summed E-state index contributed by atoms with van der Waals surface area (Å²) in [5.74, 6) is -0.369. The van der Waals surface area contributed by atoms with E-state index >= 15 is 0 Å². The average molecular weight is 369 g/mol. The minimum atomic E-state index is -0.381. The molecule has 5 nitrogen and oxygen atoms in total. The quantitative estimate of drug-likeness (QED) is 0.495. The van der Waals surface area contributed by atoms with E-state index in [-0.39, 0.29) is 23.7 Å². The van der Waals surface area contributed by atoms with Crippen LogP contribution in [-0.2, 0) is 4.74 Å². The van der Waals surface area contributed by atoms with E-state index in [9.17, 15) is 9.59 Å². The number of nitrogens with one attached hydrogen (secondary N) is 1. The van der Waals surface area contributed by atoms with Gasteiger partial charge in [0.2, 0.25) is 0 Å². The lowest BCUT2D eigenvalue weighted by Crippen LogP contribution is -2.29. The molecule has 1 atom stereocenters. The number of unbranched alkanes of at least 4 members (excludes halogenated alkanes) is 1. The van der Waals surface area contributed by atoms with Gasteiger partial charge in [-0.3, -0.25) is 4.79 Å². The lowest BCUT2D eigenvalue weighted by atomic mass is 9.93. The zero-order valence-corrected chi connectivity index (χ0v) is 16.2. The molecule has 144 valence electrons. The van der Waals surface area contributed by atoms with E-state index in [0.717, 1.165) is 36.8 Å². The van der Waals surface area contributed by atoms with E-state index in [1.807, 2.05) is 12.1 Å². The molecule has 0 aliphatic heterocycles. The van der Waals surface area contributed by atoms with Crippen molar-refractivity contribution in [2.75, 3.05) is 7.11 Å². The van der Waals surface area contributed by atoms with Crippen molar-refractivity contribution >= 4 is 11.9 Å². The van der Waals surface area contributed by atoms with Gasteiger partial charge in [-0.2, -0.15) is 0 Å². The maximum Gasteiger partial charge on any atom is 0.337 e. The normalized spacial score (nSPS) is 12.5. The Bertz CT molecular complexity index is 760. The second-order valence-corrected chi connectivity index (χ2v) is 6.32. The van der Waals surface area contributed by atoms with Gasteiger partial charge in [-0.15, -0.1) is 0 Å². The maximum atomic E-state index is 12.6. The first-order valence-electron chi connectivity index (χ1n) is 9.32. The Labute approximate surface area is 160 Å². The number of methoxy groups -OCH3 is 1. The monoisotopic (exact) mass is 369 g/mol. The Morgan fingerprint density at radius 2 is 1.89 bits per heavy atom. The molecule has 0 saturated carbocycles. The molecule has 1 N–H and O–H groups in total. The summed E-state index contributed by atoms with van der Waals surface area (Å²) in [7, 11) is 1.36. The topological polar surface area (TPSA) is 68.5 Å². The smallest absolute Gasteiger partial charge is 0.337 e. The fraction of sp³-hybridized carbons (Fsp3) is 0.364. The van der Waals surface area contributed by atoms with Crippen molar-refractivity contribution in [3.05, 3.63) is 71.2 Å². The minimum absolute atomic E-state index is 0.263. The summed E-state index contributed by atoms with van der Waals surface area (Å²) in [4.78, 5) is 24.3. The van der Waals surface area contributed by atoms with Crippen molar-refractivity contribution in [2.24, 2.45) is 0 Å². The predicted octanol–water partition coefficient (Wildman–Crippen LogP) is 5.06. The highest BCUT2D eigenvalue weighted by atomic mass is 16.5. The number of hydrogen-bond acceptors (Lipinski definition) is 4. The molecule has 0 aliphatic carbocycles. The summed E-state index contributed by atoms with van der Waals surface area (Å²) in [5, 5.41) is 3.08. The fourth-order valence-corrected chi connectivity index (χ4v) is 2.91. The van der Waals surface area contributed by atoms with Gasteiger partial charge in [-0.05, 0) is 48.2 Å². The third-order valence-electron chi connectivity index (χ3n) is 4.29.